The van der Waals surface area contributed by atoms with E-state index in [0.717, 1.165) is 80.7 Å². The van der Waals surface area contributed by atoms with Crippen molar-refractivity contribution >= 4 is 24.0 Å². The molecule has 2 aromatic heterocycles. The van der Waals surface area contributed by atoms with Crippen LogP contribution in [0.4, 0.5) is 9.59 Å². The minimum absolute atomic E-state index is 0.00194. The van der Waals surface area contributed by atoms with E-state index in [9.17, 15) is 19.2 Å². The number of nitrogens with zero attached hydrogens (tertiary/aromatic N) is 3. The number of hydrogen-bond donors (Lipinski definition) is 4. The molecule has 2 aliphatic carbocycles. The maximum atomic E-state index is 13.6. The lowest BCUT2D eigenvalue weighted by Crippen LogP contribution is -2.53. The molecule has 3 unspecified atom stereocenters. The average molecular weight is 794 g/mol. The molecule has 3 heterocycles. The Labute approximate surface area is 341 Å². The lowest BCUT2D eigenvalue weighted by atomic mass is 9.78. The third-order valence-corrected chi connectivity index (χ3v) is 11.6. The lowest BCUT2D eigenvalue weighted by molar-refractivity contribution is -0.142. The molecular formula is C45H59N7O6. The predicted octanol–water partition coefficient (Wildman–Crippen LogP) is 8.00. The number of rotatable bonds is 9. The number of carbonyl (C=O) groups is 4. The summed E-state index contributed by atoms with van der Waals surface area (Å²) in [5.74, 6) is 0.466. The van der Waals surface area contributed by atoms with Crippen molar-refractivity contribution in [1.82, 2.24) is 35.6 Å². The highest BCUT2D eigenvalue weighted by molar-refractivity contribution is 5.86. The Morgan fingerprint density at radius 2 is 1.41 bits per heavy atom. The molecule has 4 N–H and O–H groups in total. The van der Waals surface area contributed by atoms with Crippen LogP contribution in [0, 0.1) is 11.8 Å². The van der Waals surface area contributed by atoms with Gasteiger partial charge in [0.1, 0.15) is 11.9 Å². The Hall–Kier alpha value is -5.59. The van der Waals surface area contributed by atoms with Crippen LogP contribution in [0.25, 0.3) is 33.6 Å². The number of amides is 4. The first-order valence-corrected chi connectivity index (χ1v) is 20.7. The van der Waals surface area contributed by atoms with Crippen LogP contribution in [-0.4, -0.2) is 88.3 Å². The van der Waals surface area contributed by atoms with Crippen molar-refractivity contribution in [3.63, 3.8) is 0 Å². The maximum absolute atomic E-state index is 13.6. The fourth-order valence-corrected chi connectivity index (χ4v) is 8.41. The summed E-state index contributed by atoms with van der Waals surface area (Å²) in [5.41, 5.74) is 12.3. The van der Waals surface area contributed by atoms with Gasteiger partial charge in [-0.3, -0.25) is 9.59 Å². The van der Waals surface area contributed by atoms with E-state index in [1.54, 1.807) is 4.90 Å². The molecule has 1 saturated carbocycles. The fourth-order valence-electron chi connectivity index (χ4n) is 8.41. The minimum atomic E-state index is -0.646. The van der Waals surface area contributed by atoms with Gasteiger partial charge in [0.05, 0.1) is 26.1 Å². The van der Waals surface area contributed by atoms with Gasteiger partial charge in [-0.25, -0.2) is 25.0 Å². The number of aromatic amines is 2. The molecule has 0 radical (unpaired) electrons. The van der Waals surface area contributed by atoms with E-state index < -0.39 is 18.2 Å². The molecule has 3 aliphatic rings. The summed E-state index contributed by atoms with van der Waals surface area (Å²) in [6, 6.07) is 16.6. The summed E-state index contributed by atoms with van der Waals surface area (Å²) in [6.07, 6.45) is 12.2. The molecule has 4 amide bonds. The number of carbonyl (C=O) groups excluding carboxylic acids is 4. The van der Waals surface area contributed by atoms with Crippen molar-refractivity contribution in [2.45, 2.75) is 103 Å². The summed E-state index contributed by atoms with van der Waals surface area (Å²) < 4.78 is 9.26. The summed E-state index contributed by atoms with van der Waals surface area (Å²) >= 11 is 0. The van der Waals surface area contributed by atoms with E-state index in [4.69, 9.17) is 9.72 Å². The van der Waals surface area contributed by atoms with Crippen molar-refractivity contribution in [1.29, 1.82) is 0 Å². The summed E-state index contributed by atoms with van der Waals surface area (Å²) in [7, 11) is 2.59. The quantitative estimate of drug-likeness (QED) is 0.125. The number of alkyl carbamates (subject to hydrolysis) is 1. The van der Waals surface area contributed by atoms with E-state index in [0.29, 0.717) is 0 Å². The number of methoxy groups -OCH3 is 2. The van der Waals surface area contributed by atoms with Crippen LogP contribution in [0.3, 0.4) is 0 Å². The van der Waals surface area contributed by atoms with Crippen LogP contribution in [0.5, 0.6) is 0 Å². The van der Waals surface area contributed by atoms with Gasteiger partial charge in [0.25, 0.3) is 0 Å². The number of ether oxygens (including phenoxy) is 2. The highest BCUT2D eigenvalue weighted by atomic mass is 16.5. The lowest BCUT2D eigenvalue weighted by Gasteiger charge is -2.35. The number of H-pyrrole nitrogens is 2. The number of aromatic nitrogens is 3. The molecule has 13 nitrogen and oxygen atoms in total. The predicted molar refractivity (Wildman–Crippen MR) is 223 cm³/mol. The van der Waals surface area contributed by atoms with Crippen molar-refractivity contribution in [3.8, 4) is 33.6 Å². The SMILES string of the molecule is COC(=O)NC(C(=O)N1CCCC1)C(C)C.COC(=O)NN(C(=O)C1CCCCC1c1ncc(-c2ccc(-c3ccc(-c4[nH]cc5c4CCC5)cc3)cc2)[nH]1)C(C)C. The van der Waals surface area contributed by atoms with E-state index in [1.807, 2.05) is 33.9 Å². The number of imidazole rings is 1. The van der Waals surface area contributed by atoms with Gasteiger partial charge >= 0.3 is 12.2 Å². The van der Waals surface area contributed by atoms with Gasteiger partial charge < -0.3 is 29.7 Å². The van der Waals surface area contributed by atoms with E-state index in [2.05, 4.69) is 80.2 Å². The molecule has 13 heteroatoms. The first-order valence-electron chi connectivity index (χ1n) is 20.7. The van der Waals surface area contributed by atoms with Gasteiger partial charge in [-0.15, -0.1) is 0 Å². The van der Waals surface area contributed by atoms with Gasteiger partial charge in [0.15, 0.2) is 0 Å². The molecule has 0 bridgehead atoms. The molecule has 4 aromatic rings. The fraction of sp³-hybridized carbons (Fsp3) is 0.489. The monoisotopic (exact) mass is 793 g/mol. The van der Waals surface area contributed by atoms with Crippen molar-refractivity contribution < 1.29 is 28.7 Å². The summed E-state index contributed by atoms with van der Waals surface area (Å²) in [6.45, 7) is 9.17. The molecule has 310 valence electrons. The van der Waals surface area contributed by atoms with Crippen LogP contribution in [0.2, 0.25) is 0 Å². The number of likely N-dealkylation sites (tertiary alicyclic amines) is 1. The number of hydrazine groups is 1. The molecule has 1 aliphatic heterocycles. The molecule has 2 aromatic carbocycles. The van der Waals surface area contributed by atoms with Crippen LogP contribution in [-0.2, 0) is 31.9 Å². The van der Waals surface area contributed by atoms with Gasteiger partial charge in [-0.1, -0.05) is 75.2 Å². The minimum Gasteiger partial charge on any atom is -0.453 e. The summed E-state index contributed by atoms with van der Waals surface area (Å²) in [4.78, 5) is 62.2. The zero-order valence-corrected chi connectivity index (χ0v) is 34.7. The molecule has 3 atom stereocenters. The number of benzene rings is 2. The normalized spacial score (nSPS) is 17.9. The third-order valence-electron chi connectivity index (χ3n) is 11.6. The number of aryl methyl sites for hydroxylation is 1. The van der Waals surface area contributed by atoms with Crippen molar-refractivity contribution in [3.05, 3.63) is 77.9 Å². The highest BCUT2D eigenvalue weighted by Crippen LogP contribution is 2.39. The Kier molecular flexibility index (Phi) is 13.9. The first-order chi connectivity index (χ1) is 28.0. The molecule has 58 heavy (non-hydrogen) atoms. The van der Waals surface area contributed by atoms with Crippen LogP contribution < -0.4 is 10.7 Å². The smallest absolute Gasteiger partial charge is 0.425 e. The second kappa shape index (κ2) is 19.2. The zero-order valence-electron chi connectivity index (χ0n) is 34.7. The summed E-state index contributed by atoms with van der Waals surface area (Å²) in [5, 5.41) is 3.99. The second-order valence-corrected chi connectivity index (χ2v) is 16.2. The average Bonchev–Trinajstić information content (AvgIpc) is 4.08. The van der Waals surface area contributed by atoms with Crippen LogP contribution >= 0.6 is 0 Å². The molecule has 2 fully saturated rings. The number of hydrogen-bond acceptors (Lipinski definition) is 7. The maximum Gasteiger partial charge on any atom is 0.425 e. The van der Waals surface area contributed by atoms with Gasteiger partial charge in [0, 0.05) is 42.9 Å². The van der Waals surface area contributed by atoms with Gasteiger partial charge in [-0.2, -0.15) is 0 Å². The van der Waals surface area contributed by atoms with Crippen LogP contribution in [0.1, 0.15) is 95.5 Å². The highest BCUT2D eigenvalue weighted by Gasteiger charge is 2.38. The third kappa shape index (κ3) is 9.74. The van der Waals surface area contributed by atoms with Crippen molar-refractivity contribution in [2.24, 2.45) is 11.8 Å². The number of nitrogens with one attached hydrogen (secondary N) is 4. The topological polar surface area (TPSA) is 162 Å². The molecular weight excluding hydrogens is 735 g/mol. The van der Waals surface area contributed by atoms with E-state index in [-0.39, 0.29) is 35.6 Å². The largest absolute Gasteiger partial charge is 0.453 e. The first kappa shape index (κ1) is 42.0. The van der Waals surface area contributed by atoms with Crippen LogP contribution in [0.15, 0.2) is 60.9 Å². The Bertz CT molecular complexity index is 2010. The van der Waals surface area contributed by atoms with E-state index >= 15 is 0 Å². The molecule has 7 rings (SSSR count). The van der Waals surface area contributed by atoms with Gasteiger partial charge in [-0.05, 0) is 98.1 Å². The zero-order chi connectivity index (χ0) is 41.3. The molecule has 1 saturated heterocycles. The second-order valence-electron chi connectivity index (χ2n) is 16.2. The van der Waals surface area contributed by atoms with Gasteiger partial charge in [0.2, 0.25) is 11.8 Å². The van der Waals surface area contributed by atoms with E-state index in [1.165, 1.54) is 60.0 Å². The standard InChI is InChI=1S/C34H39N5O3.C11H20N2O3/c1-21(2)39(38-34(41)42-3)33(40)29-9-5-4-8-28(29)32-36-20-30(37-32)24-15-11-22(12-16-24)23-13-17-25(18-14-23)31-27-10-6-7-26(27)19-35-31;1-8(2)9(12-11(15)16-3)10(14)13-6-4-5-7-13/h11-21,28-29,35H,4-10H2,1-3H3,(H,36,37)(H,38,41);8-9H,4-7H2,1-3H3,(H,12,15). The number of fused-ring (bicyclic) bond motifs is 1. The molecule has 0 spiro atoms. The Morgan fingerprint density at radius 3 is 2.03 bits per heavy atom. The van der Waals surface area contributed by atoms with Crippen molar-refractivity contribution in [2.75, 3.05) is 27.3 Å². The Balaban J connectivity index is 0.000000299. The Morgan fingerprint density at radius 1 is 0.793 bits per heavy atom.